The van der Waals surface area contributed by atoms with Crippen LogP contribution in [-0.2, 0) is 4.79 Å². The van der Waals surface area contributed by atoms with Gasteiger partial charge in [0, 0.05) is 30.6 Å². The topological polar surface area (TPSA) is 115 Å². The Bertz CT molecular complexity index is 942. The highest BCUT2D eigenvalue weighted by molar-refractivity contribution is 5.89. The fourth-order valence-electron chi connectivity index (χ4n) is 2.12. The average Bonchev–Trinajstić information content (AvgIpc) is 2.94. The number of nitrogens with one attached hydrogen (secondary N) is 3. The molecule has 0 bridgehead atoms. The molecule has 0 aliphatic heterocycles. The molecule has 3 rings (SSSR count). The zero-order valence-electron chi connectivity index (χ0n) is 12.8. The summed E-state index contributed by atoms with van der Waals surface area (Å²) in [6.45, 7) is 1.42. The van der Waals surface area contributed by atoms with E-state index in [2.05, 4.69) is 30.7 Å². The number of H-pyrrole nitrogens is 2. The Hall–Kier alpha value is -3.55. The number of azo groups is 1. The van der Waals surface area contributed by atoms with Crippen molar-refractivity contribution >= 4 is 23.0 Å². The first-order valence-corrected chi connectivity index (χ1v) is 7.14. The minimum absolute atomic E-state index is 0.160. The van der Waals surface area contributed by atoms with Gasteiger partial charge in [-0.1, -0.05) is 6.07 Å². The lowest BCUT2D eigenvalue weighted by Crippen LogP contribution is -2.05. The fraction of sp³-hybridized carbons (Fsp3) is 0.0625. The zero-order valence-corrected chi connectivity index (χ0v) is 12.8. The number of hydrogen-bond acceptors (Lipinski definition) is 5. The van der Waals surface area contributed by atoms with Crippen molar-refractivity contribution in [2.24, 2.45) is 10.2 Å². The average molecular weight is 322 g/mol. The van der Waals surface area contributed by atoms with E-state index in [0.717, 1.165) is 5.56 Å². The van der Waals surface area contributed by atoms with Crippen LogP contribution in [-0.4, -0.2) is 21.1 Å². The van der Waals surface area contributed by atoms with Crippen LogP contribution in [0.4, 0.5) is 17.1 Å². The van der Waals surface area contributed by atoms with Crippen molar-refractivity contribution in [2.75, 3.05) is 5.32 Å². The van der Waals surface area contributed by atoms with E-state index in [-0.39, 0.29) is 17.2 Å². The molecule has 3 aromatic rings. The van der Waals surface area contributed by atoms with Crippen LogP contribution in [0.2, 0.25) is 0 Å². The molecule has 0 aliphatic rings. The number of hydrogen-bond donors (Lipinski definition) is 3. The lowest BCUT2D eigenvalue weighted by molar-refractivity contribution is -0.114. The van der Waals surface area contributed by atoms with Gasteiger partial charge in [-0.3, -0.25) is 24.8 Å². The summed E-state index contributed by atoms with van der Waals surface area (Å²) in [5.41, 5.74) is 2.13. The van der Waals surface area contributed by atoms with E-state index in [0.29, 0.717) is 17.1 Å². The molecular formula is C16H14N6O2. The highest BCUT2D eigenvalue weighted by atomic mass is 16.1. The summed E-state index contributed by atoms with van der Waals surface area (Å²) in [5, 5.41) is 16.0. The van der Waals surface area contributed by atoms with E-state index in [4.69, 9.17) is 0 Å². The molecule has 24 heavy (non-hydrogen) atoms. The smallest absolute Gasteiger partial charge is 0.292 e. The molecule has 120 valence electrons. The number of aromatic amines is 2. The number of rotatable bonds is 4. The lowest BCUT2D eigenvalue weighted by Gasteiger charge is -2.01. The molecule has 1 amide bonds. The van der Waals surface area contributed by atoms with Crippen LogP contribution in [0.15, 0.2) is 63.8 Å². The molecule has 0 fully saturated rings. The maximum atomic E-state index is 11.9. The Labute approximate surface area is 136 Å². The molecule has 0 saturated carbocycles. The van der Waals surface area contributed by atoms with Crippen LogP contribution < -0.4 is 10.9 Å². The van der Waals surface area contributed by atoms with Gasteiger partial charge < -0.3 is 5.32 Å². The van der Waals surface area contributed by atoms with Gasteiger partial charge in [0.15, 0.2) is 5.69 Å². The molecule has 0 radical (unpaired) electrons. The van der Waals surface area contributed by atoms with Gasteiger partial charge in [-0.2, -0.15) is 5.11 Å². The van der Waals surface area contributed by atoms with Gasteiger partial charge in [-0.15, -0.1) is 5.11 Å². The van der Waals surface area contributed by atoms with Crippen LogP contribution in [0.3, 0.4) is 0 Å². The highest BCUT2D eigenvalue weighted by Gasteiger charge is 2.11. The summed E-state index contributed by atoms with van der Waals surface area (Å²) < 4.78 is 0. The Balaban J connectivity index is 1.92. The summed E-state index contributed by atoms with van der Waals surface area (Å²) in [7, 11) is 0. The summed E-state index contributed by atoms with van der Waals surface area (Å²) >= 11 is 0. The van der Waals surface area contributed by atoms with Crippen molar-refractivity contribution in [3.8, 4) is 11.3 Å². The minimum Gasteiger partial charge on any atom is -0.326 e. The first kappa shape index (κ1) is 15.3. The minimum atomic E-state index is -0.379. The second-order valence-corrected chi connectivity index (χ2v) is 4.98. The van der Waals surface area contributed by atoms with Crippen molar-refractivity contribution in [3.63, 3.8) is 0 Å². The molecule has 0 saturated heterocycles. The fourth-order valence-corrected chi connectivity index (χ4v) is 2.12. The third-order valence-electron chi connectivity index (χ3n) is 3.14. The van der Waals surface area contributed by atoms with Gasteiger partial charge in [0.25, 0.3) is 5.56 Å². The van der Waals surface area contributed by atoms with E-state index < -0.39 is 0 Å². The van der Waals surface area contributed by atoms with Gasteiger partial charge in [0.2, 0.25) is 5.91 Å². The number of carbonyl (C=O) groups excluding carboxylic acids is 1. The molecular weight excluding hydrogens is 308 g/mol. The second-order valence-electron chi connectivity index (χ2n) is 4.98. The molecule has 8 nitrogen and oxygen atoms in total. The summed E-state index contributed by atoms with van der Waals surface area (Å²) in [6, 6.07) is 10.4. The van der Waals surface area contributed by atoms with Gasteiger partial charge in [0.1, 0.15) is 0 Å². The maximum absolute atomic E-state index is 11.9. The normalized spacial score (nSPS) is 10.9. The Kier molecular flexibility index (Phi) is 4.28. The molecule has 0 atom stereocenters. The molecule has 2 heterocycles. The molecule has 0 spiro atoms. The standard InChI is InChI=1S/C16H14N6O2/c1-10(23)18-12-5-2-6-13(8-12)19-21-15-14(20-22-16(15)24)11-4-3-7-17-9-11/h2-9H,1H3,(H,18,23)(H2,20,22,24). The van der Waals surface area contributed by atoms with E-state index >= 15 is 0 Å². The molecule has 8 heteroatoms. The SMILES string of the molecule is CC(=O)Nc1cccc(N=Nc2c(-c3cccnc3)[nH][nH]c2=O)c1. The predicted octanol–water partition coefficient (Wildman–Crippen LogP) is 3.14. The number of pyridine rings is 1. The quantitative estimate of drug-likeness (QED) is 0.641. The molecule has 3 N–H and O–H groups in total. The lowest BCUT2D eigenvalue weighted by atomic mass is 10.2. The number of amides is 1. The van der Waals surface area contributed by atoms with Crippen molar-refractivity contribution in [3.05, 3.63) is 59.1 Å². The van der Waals surface area contributed by atoms with Gasteiger partial charge in [-0.05, 0) is 30.3 Å². The van der Waals surface area contributed by atoms with Gasteiger partial charge >= 0.3 is 0 Å². The van der Waals surface area contributed by atoms with Crippen molar-refractivity contribution in [1.82, 2.24) is 15.2 Å². The predicted molar refractivity (Wildman–Crippen MR) is 89.6 cm³/mol. The Morgan fingerprint density at radius 2 is 2.04 bits per heavy atom. The van der Waals surface area contributed by atoms with Crippen LogP contribution in [0.5, 0.6) is 0 Å². The van der Waals surface area contributed by atoms with Crippen LogP contribution >= 0.6 is 0 Å². The van der Waals surface area contributed by atoms with Crippen molar-refractivity contribution in [1.29, 1.82) is 0 Å². The number of carbonyl (C=O) groups is 1. The summed E-state index contributed by atoms with van der Waals surface area (Å²) in [4.78, 5) is 27.0. The number of benzene rings is 1. The molecule has 0 unspecified atom stereocenters. The summed E-state index contributed by atoms with van der Waals surface area (Å²) in [5.74, 6) is -0.176. The number of aromatic nitrogens is 3. The second kappa shape index (κ2) is 6.69. The van der Waals surface area contributed by atoms with E-state index in [1.54, 1.807) is 42.7 Å². The van der Waals surface area contributed by atoms with Crippen LogP contribution in [0.25, 0.3) is 11.3 Å². The van der Waals surface area contributed by atoms with Gasteiger partial charge in [-0.25, -0.2) is 0 Å². The zero-order chi connectivity index (χ0) is 16.9. The van der Waals surface area contributed by atoms with Crippen LogP contribution in [0, 0.1) is 0 Å². The number of nitrogens with zero attached hydrogens (tertiary/aromatic N) is 3. The van der Waals surface area contributed by atoms with Crippen LogP contribution in [0.1, 0.15) is 6.92 Å². The Morgan fingerprint density at radius 3 is 2.79 bits per heavy atom. The summed E-state index contributed by atoms with van der Waals surface area (Å²) in [6.07, 6.45) is 3.26. The largest absolute Gasteiger partial charge is 0.326 e. The van der Waals surface area contributed by atoms with Gasteiger partial charge in [0.05, 0.1) is 11.4 Å². The highest BCUT2D eigenvalue weighted by Crippen LogP contribution is 2.26. The van der Waals surface area contributed by atoms with Crippen molar-refractivity contribution < 1.29 is 4.79 Å². The van der Waals surface area contributed by atoms with E-state index in [1.165, 1.54) is 6.92 Å². The monoisotopic (exact) mass is 322 g/mol. The first-order chi connectivity index (χ1) is 11.6. The number of anilines is 1. The third kappa shape index (κ3) is 3.43. The third-order valence-corrected chi connectivity index (χ3v) is 3.14. The van der Waals surface area contributed by atoms with Crippen molar-refractivity contribution in [2.45, 2.75) is 6.92 Å². The maximum Gasteiger partial charge on any atom is 0.292 e. The Morgan fingerprint density at radius 1 is 1.17 bits per heavy atom. The van der Waals surface area contributed by atoms with E-state index in [9.17, 15) is 9.59 Å². The first-order valence-electron chi connectivity index (χ1n) is 7.14. The van der Waals surface area contributed by atoms with E-state index in [1.807, 2.05) is 6.07 Å². The molecule has 0 aliphatic carbocycles. The molecule has 1 aromatic carbocycles. The molecule has 2 aromatic heterocycles.